The number of benzene rings is 3. The van der Waals surface area contributed by atoms with Crippen molar-refractivity contribution in [2.45, 2.75) is 0 Å². The highest BCUT2D eigenvalue weighted by Crippen LogP contribution is 2.12. The van der Waals surface area contributed by atoms with Crippen molar-refractivity contribution in [1.82, 2.24) is 0 Å². The topological polar surface area (TPSA) is 0 Å². The molecular weight excluding hydrogens is 264 g/mol. The van der Waals surface area contributed by atoms with Crippen molar-refractivity contribution in [3.05, 3.63) is 107 Å². The third-order valence-corrected chi connectivity index (χ3v) is 3.47. The van der Waals surface area contributed by atoms with Crippen LogP contribution in [0.5, 0.6) is 0 Å². The Balaban J connectivity index is 1.68. The van der Waals surface area contributed by atoms with Gasteiger partial charge in [0.1, 0.15) is 0 Å². The molecule has 0 aromatic heterocycles. The minimum atomic E-state index is 1.21. The van der Waals surface area contributed by atoms with Crippen LogP contribution in [0, 0.1) is 0 Å². The van der Waals surface area contributed by atoms with Gasteiger partial charge in [-0.25, -0.2) is 0 Å². The first-order valence-corrected chi connectivity index (χ1v) is 7.46. The predicted octanol–water partition coefficient (Wildman–Crippen LogP) is 6.03. The summed E-state index contributed by atoms with van der Waals surface area (Å²) in [6.45, 7) is 0. The highest BCUT2D eigenvalue weighted by Gasteiger charge is 1.90. The molecule has 0 saturated heterocycles. The molecule has 3 aromatic rings. The Morgan fingerprint density at radius 3 is 0.909 bits per heavy atom. The van der Waals surface area contributed by atoms with Gasteiger partial charge in [-0.2, -0.15) is 0 Å². The van der Waals surface area contributed by atoms with Gasteiger partial charge in [0.15, 0.2) is 0 Å². The van der Waals surface area contributed by atoms with Gasteiger partial charge >= 0.3 is 0 Å². The molecule has 0 unspecified atom stereocenters. The summed E-state index contributed by atoms with van der Waals surface area (Å²) in [6, 6.07) is 29.3. The second-order valence-electron chi connectivity index (χ2n) is 5.15. The summed E-state index contributed by atoms with van der Waals surface area (Å²) in [6.07, 6.45) is 8.55. The molecule has 106 valence electrons. The van der Waals surface area contributed by atoms with Crippen LogP contribution in [0.2, 0.25) is 0 Å². The second-order valence-corrected chi connectivity index (χ2v) is 5.15. The molecule has 0 aliphatic heterocycles. The first kappa shape index (κ1) is 14.1. The Labute approximate surface area is 132 Å². The second kappa shape index (κ2) is 7.24. The minimum Gasteiger partial charge on any atom is -0.0622 e. The summed E-state index contributed by atoms with van der Waals surface area (Å²) in [7, 11) is 0. The van der Waals surface area contributed by atoms with Crippen LogP contribution in [-0.2, 0) is 0 Å². The SMILES string of the molecule is C(=Cc1ccc(/C=C/c2ccccc2)cc1)c1ccccc1. The van der Waals surface area contributed by atoms with Crippen LogP contribution in [0.1, 0.15) is 22.3 Å². The molecule has 0 saturated carbocycles. The molecule has 0 nitrogen and oxygen atoms in total. The van der Waals surface area contributed by atoms with Crippen LogP contribution in [-0.4, -0.2) is 0 Å². The van der Waals surface area contributed by atoms with Gasteiger partial charge in [-0.1, -0.05) is 109 Å². The van der Waals surface area contributed by atoms with E-state index in [1.165, 1.54) is 22.3 Å². The lowest BCUT2D eigenvalue weighted by molar-refractivity contribution is 1.61. The van der Waals surface area contributed by atoms with E-state index in [9.17, 15) is 0 Å². The Hall–Kier alpha value is -2.86. The number of hydrogen-bond acceptors (Lipinski definition) is 0. The van der Waals surface area contributed by atoms with Crippen LogP contribution < -0.4 is 0 Å². The molecule has 0 aliphatic rings. The Morgan fingerprint density at radius 2 is 0.591 bits per heavy atom. The van der Waals surface area contributed by atoms with E-state index in [1.807, 2.05) is 12.1 Å². The maximum absolute atomic E-state index is 2.14. The molecule has 0 heteroatoms. The lowest BCUT2D eigenvalue weighted by atomic mass is 10.1. The van der Waals surface area contributed by atoms with Gasteiger partial charge in [0.2, 0.25) is 0 Å². The van der Waals surface area contributed by atoms with Crippen molar-refractivity contribution in [2.75, 3.05) is 0 Å². The van der Waals surface area contributed by atoms with Crippen molar-refractivity contribution in [3.63, 3.8) is 0 Å². The van der Waals surface area contributed by atoms with E-state index >= 15 is 0 Å². The van der Waals surface area contributed by atoms with Gasteiger partial charge in [-0.3, -0.25) is 0 Å². The average molecular weight is 282 g/mol. The zero-order valence-corrected chi connectivity index (χ0v) is 12.4. The van der Waals surface area contributed by atoms with Crippen molar-refractivity contribution in [3.8, 4) is 0 Å². The van der Waals surface area contributed by atoms with E-state index in [2.05, 4.69) is 97.1 Å². The van der Waals surface area contributed by atoms with Gasteiger partial charge < -0.3 is 0 Å². The monoisotopic (exact) mass is 282 g/mol. The summed E-state index contributed by atoms with van der Waals surface area (Å²) in [5.74, 6) is 0. The van der Waals surface area contributed by atoms with Crippen LogP contribution >= 0.6 is 0 Å². The molecule has 0 radical (unpaired) electrons. The molecule has 3 rings (SSSR count). The molecule has 0 spiro atoms. The molecule has 22 heavy (non-hydrogen) atoms. The summed E-state index contributed by atoms with van der Waals surface area (Å²) in [5, 5.41) is 0. The van der Waals surface area contributed by atoms with E-state index in [0.29, 0.717) is 0 Å². The van der Waals surface area contributed by atoms with Gasteiger partial charge in [-0.15, -0.1) is 0 Å². The molecular formula is C22H18. The van der Waals surface area contributed by atoms with Crippen LogP contribution in [0.3, 0.4) is 0 Å². The third-order valence-electron chi connectivity index (χ3n) is 3.47. The molecule has 0 amide bonds. The Morgan fingerprint density at radius 1 is 0.318 bits per heavy atom. The smallest absolute Gasteiger partial charge is 0.0256 e. The first-order chi connectivity index (χ1) is 10.9. The third kappa shape index (κ3) is 4.07. The van der Waals surface area contributed by atoms with Crippen LogP contribution in [0.4, 0.5) is 0 Å². The van der Waals surface area contributed by atoms with Crippen molar-refractivity contribution < 1.29 is 0 Å². The molecule has 3 aromatic carbocycles. The maximum Gasteiger partial charge on any atom is -0.0256 e. The average Bonchev–Trinajstić information content (AvgIpc) is 2.61. The number of rotatable bonds is 4. The highest BCUT2D eigenvalue weighted by molar-refractivity contribution is 5.72. The lowest BCUT2D eigenvalue weighted by Gasteiger charge is -1.97. The summed E-state index contributed by atoms with van der Waals surface area (Å²) < 4.78 is 0. The van der Waals surface area contributed by atoms with E-state index in [-0.39, 0.29) is 0 Å². The van der Waals surface area contributed by atoms with E-state index < -0.39 is 0 Å². The van der Waals surface area contributed by atoms with E-state index in [0.717, 1.165) is 0 Å². The predicted molar refractivity (Wildman–Crippen MR) is 97.2 cm³/mol. The quantitative estimate of drug-likeness (QED) is 0.513. The standard InChI is InChI=1S/C22H18/c1-3-7-19(8-4-1)11-13-21-15-17-22(18-16-21)14-12-20-9-5-2-6-10-20/h1-18H/b13-11+,14-12?. The Bertz CT molecular complexity index is 680. The fourth-order valence-electron chi connectivity index (χ4n) is 2.23. The van der Waals surface area contributed by atoms with Gasteiger partial charge in [0.05, 0.1) is 0 Å². The zero-order chi connectivity index (χ0) is 15.0. The molecule has 0 bridgehead atoms. The van der Waals surface area contributed by atoms with Crippen LogP contribution in [0.25, 0.3) is 24.3 Å². The van der Waals surface area contributed by atoms with Crippen molar-refractivity contribution in [2.24, 2.45) is 0 Å². The van der Waals surface area contributed by atoms with Gasteiger partial charge in [-0.05, 0) is 22.3 Å². The number of hydrogen-bond donors (Lipinski definition) is 0. The molecule has 0 atom stereocenters. The van der Waals surface area contributed by atoms with Gasteiger partial charge in [0, 0.05) is 0 Å². The summed E-state index contributed by atoms with van der Waals surface area (Å²) in [5.41, 5.74) is 4.85. The minimum absolute atomic E-state index is 1.21. The molecule has 0 aliphatic carbocycles. The van der Waals surface area contributed by atoms with Crippen molar-refractivity contribution in [1.29, 1.82) is 0 Å². The summed E-state index contributed by atoms with van der Waals surface area (Å²) in [4.78, 5) is 0. The normalized spacial score (nSPS) is 11.3. The molecule has 0 N–H and O–H groups in total. The maximum atomic E-state index is 2.14. The summed E-state index contributed by atoms with van der Waals surface area (Å²) >= 11 is 0. The fraction of sp³-hybridized carbons (Fsp3) is 0. The zero-order valence-electron chi connectivity index (χ0n) is 12.4. The highest BCUT2D eigenvalue weighted by atomic mass is 14.0. The van der Waals surface area contributed by atoms with Crippen LogP contribution in [0.15, 0.2) is 84.9 Å². The van der Waals surface area contributed by atoms with Gasteiger partial charge in [0.25, 0.3) is 0 Å². The Kier molecular flexibility index (Phi) is 4.63. The molecule has 0 heterocycles. The largest absolute Gasteiger partial charge is 0.0622 e. The van der Waals surface area contributed by atoms with Crippen molar-refractivity contribution >= 4 is 24.3 Å². The lowest BCUT2D eigenvalue weighted by Crippen LogP contribution is -1.75. The first-order valence-electron chi connectivity index (χ1n) is 7.46. The fourth-order valence-corrected chi connectivity index (χ4v) is 2.23. The van der Waals surface area contributed by atoms with E-state index in [1.54, 1.807) is 0 Å². The van der Waals surface area contributed by atoms with E-state index in [4.69, 9.17) is 0 Å². The molecule has 0 fully saturated rings.